The lowest BCUT2D eigenvalue weighted by Crippen LogP contribution is -2.25. The first-order valence-corrected chi connectivity index (χ1v) is 16.4. The van der Waals surface area contributed by atoms with Gasteiger partial charge in [-0.05, 0) is 58.9 Å². The van der Waals surface area contributed by atoms with Crippen LogP contribution < -0.4 is 0 Å². The average Bonchev–Trinajstić information content (AvgIpc) is 2.90. The Bertz CT molecular complexity index is 1370. The number of carbonyl (C=O) groups is 1. The topological polar surface area (TPSA) is 92.7 Å². The summed E-state index contributed by atoms with van der Waals surface area (Å²) < 4.78 is 130. The van der Waals surface area contributed by atoms with Crippen LogP contribution >= 0.6 is 31.9 Å². The van der Waals surface area contributed by atoms with Gasteiger partial charge in [0.15, 0.2) is 0 Å². The van der Waals surface area contributed by atoms with Gasteiger partial charge in [0.2, 0.25) is 0 Å². The minimum absolute atomic E-state index is 0.208. The monoisotopic (exact) mass is 799 g/mol. The van der Waals surface area contributed by atoms with E-state index in [-0.39, 0.29) is 46.9 Å². The zero-order chi connectivity index (χ0) is 34.2. The summed E-state index contributed by atoms with van der Waals surface area (Å²) in [5.41, 5.74) is -4.31. The Balaban J connectivity index is 2.87. The molecule has 0 saturated carbocycles. The predicted octanol–water partition coefficient (Wildman–Crippen LogP) is 8.50. The fourth-order valence-electron chi connectivity index (χ4n) is 3.72. The first kappa shape index (κ1) is 39.4. The molecule has 0 spiro atoms. The Kier molecular flexibility index (Phi) is 14.3. The van der Waals surface area contributed by atoms with Crippen molar-refractivity contribution in [1.82, 2.24) is 0 Å². The molecule has 0 bridgehead atoms. The van der Waals surface area contributed by atoms with Gasteiger partial charge < -0.3 is 23.7 Å². The molecule has 17 heteroatoms. The highest BCUT2D eigenvalue weighted by Crippen LogP contribution is 2.42. The van der Waals surface area contributed by atoms with E-state index in [2.05, 4.69) is 36.2 Å². The van der Waals surface area contributed by atoms with Crippen LogP contribution in [-0.4, -0.2) is 49.1 Å². The maximum Gasteiger partial charge on any atom is 0.416 e. The summed E-state index contributed by atoms with van der Waals surface area (Å²) >= 11 is 6.12. The highest BCUT2D eigenvalue weighted by atomic mass is 79.9. The van der Waals surface area contributed by atoms with E-state index in [9.17, 15) is 35.3 Å². The standard InChI is InChI=1S/C28H33Br2F6NO7S/c1-6-40-15-42-13-19-21(27(31,32)33)8-17(10-23(19)29)45(39,37-12-25(38)44-26(3,4)5)18-9-22(28(34,35)36)20(24(30)11-18)14-43-16-41-7-2/h8-11H,6-7,12-16H2,1-5H3. The van der Waals surface area contributed by atoms with Crippen LogP contribution in [0.15, 0.2) is 47.4 Å². The van der Waals surface area contributed by atoms with E-state index in [1.54, 1.807) is 34.6 Å². The first-order chi connectivity index (χ1) is 20.7. The Labute approximate surface area is 274 Å². The molecule has 0 atom stereocenters. The summed E-state index contributed by atoms with van der Waals surface area (Å²) in [6.07, 6.45) is -10.0. The highest BCUT2D eigenvalue weighted by molar-refractivity contribution is 9.10. The molecule has 0 aliphatic carbocycles. The molecule has 2 aromatic rings. The van der Waals surface area contributed by atoms with Crippen LogP contribution in [0, 0.1) is 0 Å². The predicted molar refractivity (Wildman–Crippen MR) is 159 cm³/mol. The van der Waals surface area contributed by atoms with Crippen molar-refractivity contribution >= 4 is 47.6 Å². The van der Waals surface area contributed by atoms with Crippen molar-refractivity contribution in [3.8, 4) is 0 Å². The van der Waals surface area contributed by atoms with E-state index in [4.69, 9.17) is 23.7 Å². The SMILES string of the molecule is CCOCOCc1c(Br)cc(S(=O)(=NCC(=O)OC(C)(C)C)c2cc(Br)c(COCOCC)c(C(F)(F)F)c2)cc1C(F)(F)F. The second-order valence-electron chi connectivity index (χ2n) is 10.2. The lowest BCUT2D eigenvalue weighted by molar-refractivity contribution is -0.152. The molecule has 0 unspecified atom stereocenters. The molecule has 0 heterocycles. The number of hydrogen-bond donors (Lipinski definition) is 0. The van der Waals surface area contributed by atoms with E-state index in [1.165, 1.54) is 0 Å². The Morgan fingerprint density at radius 2 is 1.16 bits per heavy atom. The van der Waals surface area contributed by atoms with Gasteiger partial charge in [0, 0.05) is 33.3 Å². The molecule has 0 aromatic heterocycles. The molecule has 0 aliphatic rings. The van der Waals surface area contributed by atoms with Crippen molar-refractivity contribution in [2.24, 2.45) is 4.36 Å². The minimum Gasteiger partial charge on any atom is -0.459 e. The lowest BCUT2D eigenvalue weighted by atomic mass is 10.1. The van der Waals surface area contributed by atoms with E-state index in [0.29, 0.717) is 12.1 Å². The van der Waals surface area contributed by atoms with Gasteiger partial charge in [-0.1, -0.05) is 31.9 Å². The molecule has 0 aliphatic heterocycles. The van der Waals surface area contributed by atoms with E-state index in [0.717, 1.165) is 12.1 Å². The summed E-state index contributed by atoms with van der Waals surface area (Å²) in [6, 6.07) is 3.11. The second-order valence-corrected chi connectivity index (χ2v) is 14.1. The maximum atomic E-state index is 14.7. The van der Waals surface area contributed by atoms with E-state index in [1.807, 2.05) is 0 Å². The van der Waals surface area contributed by atoms with Crippen molar-refractivity contribution in [3.05, 3.63) is 55.5 Å². The number of nitrogens with zero attached hydrogens (tertiary/aromatic N) is 1. The summed E-state index contributed by atoms with van der Waals surface area (Å²) in [4.78, 5) is 11.3. The van der Waals surface area contributed by atoms with Crippen molar-refractivity contribution < 1.29 is 59.0 Å². The van der Waals surface area contributed by atoms with Gasteiger partial charge in [-0.15, -0.1) is 0 Å². The van der Waals surface area contributed by atoms with Crippen molar-refractivity contribution in [2.75, 3.05) is 33.3 Å². The van der Waals surface area contributed by atoms with Crippen molar-refractivity contribution in [2.45, 2.75) is 75.6 Å². The fourth-order valence-corrected chi connectivity index (χ4v) is 7.14. The van der Waals surface area contributed by atoms with Gasteiger partial charge in [0.1, 0.15) is 35.5 Å². The molecule has 8 nitrogen and oxygen atoms in total. The number of alkyl halides is 6. The zero-order valence-electron chi connectivity index (χ0n) is 25.0. The number of rotatable bonds is 14. The first-order valence-electron chi connectivity index (χ1n) is 13.3. The average molecular weight is 801 g/mol. The highest BCUT2D eigenvalue weighted by Gasteiger charge is 2.38. The third-order valence-electron chi connectivity index (χ3n) is 5.62. The van der Waals surface area contributed by atoms with Gasteiger partial charge >= 0.3 is 18.3 Å². The molecular weight excluding hydrogens is 768 g/mol. The number of esters is 1. The van der Waals surface area contributed by atoms with Crippen molar-refractivity contribution in [1.29, 1.82) is 0 Å². The number of carbonyl (C=O) groups excluding carboxylic acids is 1. The molecule has 254 valence electrons. The Morgan fingerprint density at radius 3 is 1.49 bits per heavy atom. The largest absolute Gasteiger partial charge is 0.459 e. The summed E-state index contributed by atoms with van der Waals surface area (Å²) in [6.45, 7) is 5.77. The number of ether oxygens (including phenoxy) is 5. The third kappa shape index (κ3) is 11.5. The van der Waals surface area contributed by atoms with Gasteiger partial charge in [-0.3, -0.25) is 4.79 Å². The minimum atomic E-state index is -5.01. The second kappa shape index (κ2) is 16.4. The van der Waals surface area contributed by atoms with Gasteiger partial charge in [0.05, 0.1) is 34.1 Å². The summed E-state index contributed by atoms with van der Waals surface area (Å²) in [7, 11) is -4.37. The quantitative estimate of drug-likeness (QED) is 0.0820. The Hall–Kier alpha value is -1.76. The maximum absolute atomic E-state index is 14.7. The smallest absolute Gasteiger partial charge is 0.416 e. The normalized spacial score (nSPS) is 12.8. The fraction of sp³-hybridized carbons (Fsp3) is 0.536. The van der Waals surface area contributed by atoms with Crippen LogP contribution in [0.3, 0.4) is 0 Å². The third-order valence-corrected chi connectivity index (χ3v) is 9.27. The van der Waals surface area contributed by atoms with E-state index >= 15 is 0 Å². The Morgan fingerprint density at radius 1 is 0.756 bits per heavy atom. The molecular formula is C28H33Br2F6NO7S. The van der Waals surface area contributed by atoms with Gasteiger partial charge in [-0.2, -0.15) is 26.3 Å². The number of benzene rings is 2. The molecule has 0 radical (unpaired) electrons. The van der Waals surface area contributed by atoms with Crippen LogP contribution in [-0.2, 0) is 63.8 Å². The molecule has 2 aromatic carbocycles. The van der Waals surface area contributed by atoms with Crippen LogP contribution in [0.2, 0.25) is 0 Å². The van der Waals surface area contributed by atoms with Gasteiger partial charge in [0.25, 0.3) is 0 Å². The molecule has 2 rings (SSSR count). The van der Waals surface area contributed by atoms with E-state index < -0.39 is 74.3 Å². The van der Waals surface area contributed by atoms with Crippen molar-refractivity contribution in [3.63, 3.8) is 0 Å². The molecule has 0 amide bonds. The lowest BCUT2D eigenvalue weighted by Gasteiger charge is -2.22. The molecule has 0 N–H and O–H groups in total. The molecule has 0 saturated heterocycles. The van der Waals surface area contributed by atoms with Crippen LogP contribution in [0.4, 0.5) is 26.3 Å². The molecule has 45 heavy (non-hydrogen) atoms. The zero-order valence-corrected chi connectivity index (χ0v) is 29.0. The van der Waals surface area contributed by atoms with Gasteiger partial charge in [-0.25, -0.2) is 8.57 Å². The van der Waals surface area contributed by atoms with Crippen LogP contribution in [0.25, 0.3) is 0 Å². The van der Waals surface area contributed by atoms with Crippen LogP contribution in [0.5, 0.6) is 0 Å². The summed E-state index contributed by atoms with van der Waals surface area (Å²) in [5, 5.41) is 0. The number of hydrogen-bond acceptors (Lipinski definition) is 8. The molecule has 0 fully saturated rings. The number of halogens is 8. The van der Waals surface area contributed by atoms with Crippen LogP contribution in [0.1, 0.15) is 56.9 Å². The summed E-state index contributed by atoms with van der Waals surface area (Å²) in [5.74, 6) is -0.998.